The van der Waals surface area contributed by atoms with E-state index in [0.29, 0.717) is 19.5 Å². The van der Waals surface area contributed by atoms with Crippen LogP contribution in [0.5, 0.6) is 0 Å². The van der Waals surface area contributed by atoms with Gasteiger partial charge in [0.15, 0.2) is 0 Å². The normalized spacial score (nSPS) is 12.7. The average molecular weight is 222 g/mol. The van der Waals surface area contributed by atoms with Crippen LogP contribution in [-0.2, 0) is 11.3 Å². The molecular weight excluding hydrogens is 204 g/mol. The van der Waals surface area contributed by atoms with Gasteiger partial charge in [-0.3, -0.25) is 9.69 Å². The van der Waals surface area contributed by atoms with Crippen LogP contribution in [0, 0.1) is 0 Å². The summed E-state index contributed by atoms with van der Waals surface area (Å²) in [6.45, 7) is 1.01. The van der Waals surface area contributed by atoms with Gasteiger partial charge in [-0.15, -0.1) is 0 Å². The van der Waals surface area contributed by atoms with Gasteiger partial charge < -0.3 is 10.8 Å². The second-order valence-corrected chi connectivity index (χ2v) is 3.83. The molecule has 0 radical (unpaired) electrons. The van der Waals surface area contributed by atoms with Crippen LogP contribution < -0.4 is 5.73 Å². The summed E-state index contributed by atoms with van der Waals surface area (Å²) in [4.78, 5) is 12.8. The Bertz CT molecular complexity index is 327. The first-order valence-corrected chi connectivity index (χ1v) is 5.32. The van der Waals surface area contributed by atoms with Crippen molar-refractivity contribution in [3.8, 4) is 0 Å². The number of nitrogens with two attached hydrogens (primary N) is 1. The van der Waals surface area contributed by atoms with E-state index in [1.54, 1.807) is 7.05 Å². The van der Waals surface area contributed by atoms with Crippen molar-refractivity contribution >= 4 is 5.97 Å². The molecule has 0 spiro atoms. The van der Waals surface area contributed by atoms with Crippen molar-refractivity contribution in [3.63, 3.8) is 0 Å². The number of carboxylic acids is 1. The summed E-state index contributed by atoms with van der Waals surface area (Å²) in [5.41, 5.74) is 6.51. The average Bonchev–Trinajstić information content (AvgIpc) is 2.26. The molecule has 0 saturated heterocycles. The molecule has 16 heavy (non-hydrogen) atoms. The number of aliphatic carboxylic acids is 1. The largest absolute Gasteiger partial charge is 0.480 e. The summed E-state index contributed by atoms with van der Waals surface area (Å²) in [5, 5.41) is 9.06. The van der Waals surface area contributed by atoms with Crippen LogP contribution in [-0.4, -0.2) is 35.6 Å². The predicted molar refractivity (Wildman–Crippen MR) is 63.0 cm³/mol. The van der Waals surface area contributed by atoms with Crippen molar-refractivity contribution in [3.05, 3.63) is 35.9 Å². The Morgan fingerprint density at radius 1 is 1.44 bits per heavy atom. The van der Waals surface area contributed by atoms with E-state index in [2.05, 4.69) is 0 Å². The lowest BCUT2D eigenvalue weighted by Crippen LogP contribution is -2.39. The summed E-state index contributed by atoms with van der Waals surface area (Å²) >= 11 is 0. The number of hydrogen-bond donors (Lipinski definition) is 2. The third-order valence-corrected chi connectivity index (χ3v) is 2.53. The molecule has 0 bridgehead atoms. The smallest absolute Gasteiger partial charge is 0.320 e. The minimum Gasteiger partial charge on any atom is -0.480 e. The van der Waals surface area contributed by atoms with E-state index >= 15 is 0 Å². The molecule has 1 rings (SSSR count). The van der Waals surface area contributed by atoms with E-state index in [-0.39, 0.29) is 0 Å². The molecule has 0 heterocycles. The van der Waals surface area contributed by atoms with Crippen LogP contribution in [0.25, 0.3) is 0 Å². The van der Waals surface area contributed by atoms with Gasteiger partial charge in [-0.25, -0.2) is 0 Å². The summed E-state index contributed by atoms with van der Waals surface area (Å²) < 4.78 is 0. The van der Waals surface area contributed by atoms with E-state index < -0.39 is 12.0 Å². The minimum absolute atomic E-state index is 0.385. The first-order chi connectivity index (χ1) is 7.65. The molecule has 1 aromatic carbocycles. The molecule has 88 valence electrons. The van der Waals surface area contributed by atoms with Crippen LogP contribution in [0.4, 0.5) is 0 Å². The number of nitrogens with zero attached hydrogens (tertiary/aromatic N) is 1. The van der Waals surface area contributed by atoms with Gasteiger partial charge in [0.25, 0.3) is 0 Å². The molecule has 1 unspecified atom stereocenters. The monoisotopic (exact) mass is 222 g/mol. The topological polar surface area (TPSA) is 66.6 Å². The molecule has 1 aromatic rings. The zero-order valence-electron chi connectivity index (χ0n) is 9.47. The summed E-state index contributed by atoms with van der Waals surface area (Å²) in [5.74, 6) is -0.816. The van der Waals surface area contributed by atoms with Gasteiger partial charge in [0, 0.05) is 6.54 Å². The highest BCUT2D eigenvalue weighted by atomic mass is 16.4. The summed E-state index contributed by atoms with van der Waals surface area (Å²) in [6, 6.07) is 9.29. The van der Waals surface area contributed by atoms with Gasteiger partial charge >= 0.3 is 5.97 Å². The number of carboxylic acid groups (broad SMARTS) is 1. The highest BCUT2D eigenvalue weighted by Gasteiger charge is 2.21. The molecule has 1 atom stereocenters. The number of likely N-dealkylation sites (N-methyl/N-ethyl adjacent to an activating group) is 1. The first kappa shape index (κ1) is 12.7. The Hall–Kier alpha value is -1.39. The Kier molecular flexibility index (Phi) is 4.95. The second-order valence-electron chi connectivity index (χ2n) is 3.83. The van der Waals surface area contributed by atoms with Gasteiger partial charge in [0.2, 0.25) is 0 Å². The van der Waals surface area contributed by atoms with Crippen molar-refractivity contribution in [2.45, 2.75) is 19.0 Å². The maximum Gasteiger partial charge on any atom is 0.320 e. The van der Waals surface area contributed by atoms with Crippen molar-refractivity contribution in [1.82, 2.24) is 4.90 Å². The fraction of sp³-hybridized carbons (Fsp3) is 0.417. The molecule has 0 saturated carbocycles. The van der Waals surface area contributed by atoms with Crippen molar-refractivity contribution in [1.29, 1.82) is 0 Å². The summed E-state index contributed by atoms with van der Waals surface area (Å²) in [7, 11) is 1.81. The van der Waals surface area contributed by atoms with Gasteiger partial charge in [-0.2, -0.15) is 0 Å². The highest BCUT2D eigenvalue weighted by molar-refractivity contribution is 5.73. The van der Waals surface area contributed by atoms with Crippen LogP contribution in [0.15, 0.2) is 30.3 Å². The maximum atomic E-state index is 11.0. The fourth-order valence-corrected chi connectivity index (χ4v) is 1.67. The standard InChI is InChI=1S/C12H18N2O2/c1-14(11(7-8-13)12(15)16)9-10-5-3-2-4-6-10/h2-6,11H,7-9,13H2,1H3,(H,15,16). The quantitative estimate of drug-likeness (QED) is 0.751. The van der Waals surface area contributed by atoms with Crippen molar-refractivity contribution in [2.24, 2.45) is 5.73 Å². The number of carbonyl (C=O) groups is 1. The van der Waals surface area contributed by atoms with Crippen LogP contribution >= 0.6 is 0 Å². The third-order valence-electron chi connectivity index (χ3n) is 2.53. The Morgan fingerprint density at radius 2 is 2.06 bits per heavy atom. The SMILES string of the molecule is CN(Cc1ccccc1)C(CCN)C(=O)O. The molecule has 0 aromatic heterocycles. The molecule has 0 amide bonds. The van der Waals surface area contributed by atoms with Gasteiger partial charge in [0.05, 0.1) is 0 Å². The van der Waals surface area contributed by atoms with E-state index in [1.807, 2.05) is 35.2 Å². The molecule has 4 heteroatoms. The van der Waals surface area contributed by atoms with E-state index in [1.165, 1.54) is 0 Å². The highest BCUT2D eigenvalue weighted by Crippen LogP contribution is 2.08. The minimum atomic E-state index is -0.816. The molecule has 0 aliphatic rings. The number of rotatable bonds is 6. The maximum absolute atomic E-state index is 11.0. The van der Waals surface area contributed by atoms with Crippen LogP contribution in [0.3, 0.4) is 0 Å². The summed E-state index contributed by atoms with van der Waals surface area (Å²) in [6.07, 6.45) is 0.471. The fourth-order valence-electron chi connectivity index (χ4n) is 1.67. The Morgan fingerprint density at radius 3 is 2.56 bits per heavy atom. The lowest BCUT2D eigenvalue weighted by atomic mass is 10.1. The van der Waals surface area contributed by atoms with Crippen LogP contribution in [0.1, 0.15) is 12.0 Å². The first-order valence-electron chi connectivity index (χ1n) is 5.32. The number of benzene rings is 1. The van der Waals surface area contributed by atoms with Crippen molar-refractivity contribution in [2.75, 3.05) is 13.6 Å². The lowest BCUT2D eigenvalue weighted by Gasteiger charge is -2.24. The molecule has 0 fully saturated rings. The third kappa shape index (κ3) is 3.64. The second kappa shape index (κ2) is 6.25. The molecule has 3 N–H and O–H groups in total. The molecule has 0 aliphatic heterocycles. The van der Waals surface area contributed by atoms with E-state index in [0.717, 1.165) is 5.56 Å². The predicted octanol–water partition coefficient (Wildman–Crippen LogP) is 0.920. The molecule has 4 nitrogen and oxygen atoms in total. The van der Waals surface area contributed by atoms with E-state index in [4.69, 9.17) is 10.8 Å². The lowest BCUT2D eigenvalue weighted by molar-refractivity contribution is -0.143. The van der Waals surface area contributed by atoms with Gasteiger partial charge in [-0.1, -0.05) is 30.3 Å². The van der Waals surface area contributed by atoms with Gasteiger partial charge in [-0.05, 0) is 25.6 Å². The van der Waals surface area contributed by atoms with Crippen molar-refractivity contribution < 1.29 is 9.90 Å². The Balaban J connectivity index is 2.62. The van der Waals surface area contributed by atoms with Crippen LogP contribution in [0.2, 0.25) is 0 Å². The zero-order valence-corrected chi connectivity index (χ0v) is 9.47. The van der Waals surface area contributed by atoms with Gasteiger partial charge in [0.1, 0.15) is 6.04 Å². The Labute approximate surface area is 95.7 Å². The number of hydrogen-bond acceptors (Lipinski definition) is 3. The molecule has 0 aliphatic carbocycles. The molecular formula is C12H18N2O2. The van der Waals surface area contributed by atoms with E-state index in [9.17, 15) is 4.79 Å². The zero-order chi connectivity index (χ0) is 12.0.